The second-order valence-electron chi connectivity index (χ2n) is 6.32. The molecule has 0 spiro atoms. The van der Waals surface area contributed by atoms with Crippen molar-refractivity contribution in [3.63, 3.8) is 0 Å². The van der Waals surface area contributed by atoms with Crippen LogP contribution in [0.15, 0.2) is 36.4 Å². The summed E-state index contributed by atoms with van der Waals surface area (Å²) in [6.45, 7) is 2.18. The van der Waals surface area contributed by atoms with Crippen molar-refractivity contribution < 1.29 is 19.2 Å². The summed E-state index contributed by atoms with van der Waals surface area (Å²) in [5.41, 5.74) is 1.72. The van der Waals surface area contributed by atoms with Crippen LogP contribution in [0.4, 0.5) is 5.69 Å². The third kappa shape index (κ3) is 5.04. The molecule has 0 saturated carbocycles. The zero-order valence-electron chi connectivity index (χ0n) is 14.5. The molecule has 26 heavy (non-hydrogen) atoms. The summed E-state index contributed by atoms with van der Waals surface area (Å²) in [4.78, 5) is 13.2. The van der Waals surface area contributed by atoms with Crippen LogP contribution in [-0.2, 0) is 11.3 Å². The maximum atomic E-state index is 12.2. The predicted octanol–water partition coefficient (Wildman–Crippen LogP) is 2.81. The van der Waals surface area contributed by atoms with Crippen LogP contribution in [0.3, 0.4) is 0 Å². The number of quaternary nitrogens is 1. The minimum Gasteiger partial charge on any atom is -0.489 e. The van der Waals surface area contributed by atoms with Gasteiger partial charge in [0.25, 0.3) is 5.91 Å². The number of fused-ring (bicyclic) bond motifs is 1. The molecule has 1 aliphatic heterocycles. The zero-order chi connectivity index (χ0) is 18.5. The number of rotatable bonds is 5. The number of benzene rings is 2. The van der Waals surface area contributed by atoms with E-state index in [2.05, 4.69) is 5.32 Å². The van der Waals surface area contributed by atoms with Gasteiger partial charge >= 0.3 is 0 Å². The molecule has 0 aliphatic carbocycles. The van der Waals surface area contributed by atoms with Crippen molar-refractivity contribution in [1.82, 2.24) is 0 Å². The van der Waals surface area contributed by atoms with E-state index in [-0.39, 0.29) is 5.91 Å². The summed E-state index contributed by atoms with van der Waals surface area (Å²) < 4.78 is 11.4. The van der Waals surface area contributed by atoms with E-state index in [4.69, 9.17) is 32.7 Å². The maximum Gasteiger partial charge on any atom is 0.279 e. The van der Waals surface area contributed by atoms with E-state index in [0.717, 1.165) is 22.6 Å². The smallest absolute Gasteiger partial charge is 0.279 e. The van der Waals surface area contributed by atoms with Crippen LogP contribution in [0.2, 0.25) is 10.0 Å². The van der Waals surface area contributed by atoms with Gasteiger partial charge in [0.15, 0.2) is 18.0 Å². The van der Waals surface area contributed by atoms with Crippen molar-refractivity contribution in [2.75, 3.05) is 32.1 Å². The largest absolute Gasteiger partial charge is 0.489 e. The summed E-state index contributed by atoms with van der Waals surface area (Å²) in [6.07, 6.45) is 0.830. The lowest BCUT2D eigenvalue weighted by Gasteiger charge is -2.16. The molecule has 1 aliphatic rings. The molecule has 0 aromatic heterocycles. The van der Waals surface area contributed by atoms with Gasteiger partial charge in [-0.2, -0.15) is 0 Å². The monoisotopic (exact) mass is 395 g/mol. The minimum absolute atomic E-state index is 0.0646. The highest BCUT2D eigenvalue weighted by Gasteiger charge is 2.18. The Bertz CT molecular complexity index is 781. The number of amides is 1. The highest BCUT2D eigenvalue weighted by molar-refractivity contribution is 6.32. The molecule has 1 heterocycles. The molecule has 0 radical (unpaired) electrons. The number of ether oxygens (including phenoxy) is 2. The van der Waals surface area contributed by atoms with Gasteiger partial charge in [0.05, 0.1) is 25.3 Å². The maximum absolute atomic E-state index is 12.2. The Morgan fingerprint density at radius 3 is 2.65 bits per heavy atom. The molecule has 3 rings (SSSR count). The molecule has 0 bridgehead atoms. The quantitative estimate of drug-likeness (QED) is 0.818. The first-order valence-corrected chi connectivity index (χ1v) is 9.21. The normalized spacial score (nSPS) is 14.4. The molecule has 5 nitrogen and oxygen atoms in total. The second-order valence-corrected chi connectivity index (χ2v) is 7.16. The molecule has 7 heteroatoms. The minimum atomic E-state index is -0.0646. The van der Waals surface area contributed by atoms with Gasteiger partial charge in [-0.25, -0.2) is 0 Å². The average Bonchev–Trinajstić information content (AvgIpc) is 2.82. The molecule has 0 saturated heterocycles. The third-order valence-corrected chi connectivity index (χ3v) is 4.49. The van der Waals surface area contributed by atoms with Crippen molar-refractivity contribution >= 4 is 34.8 Å². The first kappa shape index (κ1) is 18.8. The molecule has 138 valence electrons. The standard InChI is InChI=1S/C19H20Cl2N2O3/c1-23(12-18(24)22-15-5-3-14(20)4-6-15)11-13-9-16(21)19-17(10-13)25-7-2-8-26-19/h3-6,9-10H,2,7-8,11-12H2,1H3,(H,22,24)/p+1. The Morgan fingerprint density at radius 1 is 1.15 bits per heavy atom. The molecular formula is C19H21Cl2N2O3+. The van der Waals surface area contributed by atoms with Crippen molar-refractivity contribution in [1.29, 1.82) is 0 Å². The summed E-state index contributed by atoms with van der Waals surface area (Å²) in [5, 5.41) is 4.04. The Balaban J connectivity index is 1.60. The molecule has 0 fully saturated rings. The average molecular weight is 396 g/mol. The molecular weight excluding hydrogens is 375 g/mol. The van der Waals surface area contributed by atoms with E-state index in [9.17, 15) is 4.79 Å². The number of anilines is 1. The molecule has 1 unspecified atom stereocenters. The molecule has 2 aromatic carbocycles. The molecule has 2 aromatic rings. The molecule has 1 atom stereocenters. The van der Waals surface area contributed by atoms with Crippen LogP contribution >= 0.6 is 23.2 Å². The molecule has 1 amide bonds. The Labute approximate surface area is 162 Å². The van der Waals surface area contributed by atoms with Crippen molar-refractivity contribution in [3.05, 3.63) is 52.0 Å². The number of nitrogens with one attached hydrogen (secondary N) is 2. The van der Waals surface area contributed by atoms with Crippen LogP contribution in [0.25, 0.3) is 0 Å². The summed E-state index contributed by atoms with van der Waals surface area (Å²) in [6, 6.07) is 10.8. The number of likely N-dealkylation sites (N-methyl/N-ethyl adjacent to an activating group) is 1. The number of hydrogen-bond acceptors (Lipinski definition) is 3. The molecule has 2 N–H and O–H groups in total. The fourth-order valence-corrected chi connectivity index (χ4v) is 3.22. The first-order valence-electron chi connectivity index (χ1n) is 8.46. The van der Waals surface area contributed by atoms with Gasteiger partial charge in [-0.05, 0) is 36.4 Å². The van der Waals surface area contributed by atoms with Crippen LogP contribution in [0.1, 0.15) is 12.0 Å². The van der Waals surface area contributed by atoms with Crippen molar-refractivity contribution in [3.8, 4) is 11.5 Å². The van der Waals surface area contributed by atoms with Crippen molar-refractivity contribution in [2.24, 2.45) is 0 Å². The summed E-state index contributed by atoms with van der Waals surface area (Å²) in [7, 11) is 1.96. The third-order valence-electron chi connectivity index (χ3n) is 3.96. The van der Waals surface area contributed by atoms with E-state index in [1.54, 1.807) is 24.3 Å². The lowest BCUT2D eigenvalue weighted by atomic mass is 10.2. The highest BCUT2D eigenvalue weighted by atomic mass is 35.5. The summed E-state index contributed by atoms with van der Waals surface area (Å²) >= 11 is 12.2. The lowest BCUT2D eigenvalue weighted by Crippen LogP contribution is -3.08. The van der Waals surface area contributed by atoms with Gasteiger partial charge in [-0.15, -0.1) is 0 Å². The zero-order valence-corrected chi connectivity index (χ0v) is 16.0. The fourth-order valence-electron chi connectivity index (χ4n) is 2.81. The van der Waals surface area contributed by atoms with Crippen LogP contribution in [0, 0.1) is 0 Å². The van der Waals surface area contributed by atoms with Crippen LogP contribution in [0.5, 0.6) is 11.5 Å². The second kappa shape index (κ2) is 8.62. The predicted molar refractivity (Wildman–Crippen MR) is 103 cm³/mol. The Hall–Kier alpha value is -1.95. The lowest BCUT2D eigenvalue weighted by molar-refractivity contribution is -0.885. The van der Waals surface area contributed by atoms with Crippen LogP contribution in [-0.4, -0.2) is 32.7 Å². The van der Waals surface area contributed by atoms with Gasteiger partial charge in [0.1, 0.15) is 6.54 Å². The van der Waals surface area contributed by atoms with Gasteiger partial charge in [-0.3, -0.25) is 4.79 Å². The number of carbonyl (C=O) groups excluding carboxylic acids is 1. The summed E-state index contributed by atoms with van der Waals surface area (Å²) in [5.74, 6) is 1.21. The van der Waals surface area contributed by atoms with Gasteiger partial charge in [-0.1, -0.05) is 23.2 Å². The van der Waals surface area contributed by atoms with E-state index in [1.165, 1.54) is 0 Å². The Morgan fingerprint density at radius 2 is 1.88 bits per heavy atom. The van der Waals surface area contributed by atoms with Crippen molar-refractivity contribution in [2.45, 2.75) is 13.0 Å². The fraction of sp³-hybridized carbons (Fsp3) is 0.316. The van der Waals surface area contributed by atoms with E-state index in [1.807, 2.05) is 19.2 Å². The number of halogens is 2. The topological polar surface area (TPSA) is 52.0 Å². The van der Waals surface area contributed by atoms with E-state index >= 15 is 0 Å². The number of hydrogen-bond donors (Lipinski definition) is 2. The first-order chi connectivity index (χ1) is 12.5. The SMILES string of the molecule is C[NH+](CC(=O)Nc1ccc(Cl)cc1)Cc1cc(Cl)c2c(c1)OCCCO2. The highest BCUT2D eigenvalue weighted by Crippen LogP contribution is 2.37. The van der Waals surface area contributed by atoms with E-state index < -0.39 is 0 Å². The number of carbonyl (C=O) groups is 1. The van der Waals surface area contributed by atoms with Crippen LogP contribution < -0.4 is 19.7 Å². The van der Waals surface area contributed by atoms with Gasteiger partial charge < -0.3 is 19.7 Å². The van der Waals surface area contributed by atoms with E-state index in [0.29, 0.717) is 47.8 Å². The van der Waals surface area contributed by atoms with Gasteiger partial charge in [0.2, 0.25) is 0 Å². The van der Waals surface area contributed by atoms with Gasteiger partial charge in [0, 0.05) is 22.7 Å². The Kier molecular flexibility index (Phi) is 6.25.